The minimum atomic E-state index is -0.301. The van der Waals surface area contributed by atoms with E-state index in [2.05, 4.69) is 10.9 Å². The second-order valence-corrected chi connectivity index (χ2v) is 7.95. The van der Waals surface area contributed by atoms with Crippen LogP contribution in [0.15, 0.2) is 53.5 Å². The van der Waals surface area contributed by atoms with Crippen LogP contribution in [0, 0.1) is 19.8 Å². The molecule has 2 unspecified atom stereocenters. The number of thioether (sulfide) groups is 1. The van der Waals surface area contributed by atoms with Crippen molar-refractivity contribution < 1.29 is 9.59 Å². The van der Waals surface area contributed by atoms with Gasteiger partial charge in [0.2, 0.25) is 5.91 Å². The van der Waals surface area contributed by atoms with Gasteiger partial charge in [-0.25, -0.2) is 10.4 Å². The molecule has 2 N–H and O–H groups in total. The summed E-state index contributed by atoms with van der Waals surface area (Å²) >= 11 is 1.30. The molecule has 7 heteroatoms. The van der Waals surface area contributed by atoms with Gasteiger partial charge in [-0.15, -0.1) is 0 Å². The first-order chi connectivity index (χ1) is 13.5. The predicted octanol–water partition coefficient (Wildman–Crippen LogP) is 2.67. The van der Waals surface area contributed by atoms with E-state index >= 15 is 0 Å². The van der Waals surface area contributed by atoms with Crippen molar-refractivity contribution in [2.75, 3.05) is 17.2 Å². The maximum atomic E-state index is 13.2. The van der Waals surface area contributed by atoms with Crippen LogP contribution in [0.1, 0.15) is 21.5 Å². The fourth-order valence-corrected chi connectivity index (χ4v) is 4.25. The lowest BCUT2D eigenvalue weighted by Gasteiger charge is -2.32. The summed E-state index contributed by atoms with van der Waals surface area (Å²) in [5.41, 5.74) is 9.79. The van der Waals surface area contributed by atoms with Gasteiger partial charge in [-0.2, -0.15) is 0 Å². The number of fused-ring (bicyclic) bond motifs is 1. The van der Waals surface area contributed by atoms with E-state index in [1.54, 1.807) is 17.0 Å². The standard InChI is InChI=1S/C21H22N4O2S/c1-13-8-9-16(10-14(13)2)25-20(27)17-11-22-24-19(17)23-21(25)28-12-18(26)15-6-4-3-5-7-15/h3-10,17,19,22,24H,11-12H2,1-2H3. The molecule has 0 bridgehead atoms. The molecule has 0 spiro atoms. The van der Waals surface area contributed by atoms with E-state index in [1.165, 1.54) is 17.3 Å². The molecule has 6 nitrogen and oxygen atoms in total. The van der Waals surface area contributed by atoms with E-state index in [0.717, 1.165) is 11.3 Å². The molecule has 1 amide bonds. The highest BCUT2D eigenvalue weighted by Gasteiger charge is 2.42. The summed E-state index contributed by atoms with van der Waals surface area (Å²) in [5, 5.41) is 0.551. The van der Waals surface area contributed by atoms with Crippen LogP contribution in [0.4, 0.5) is 5.69 Å². The number of aliphatic imine (C=N–C) groups is 1. The molecule has 2 atom stereocenters. The molecule has 0 aromatic heterocycles. The zero-order valence-electron chi connectivity index (χ0n) is 15.8. The number of carbonyl (C=O) groups excluding carboxylic acids is 2. The van der Waals surface area contributed by atoms with E-state index in [-0.39, 0.29) is 29.5 Å². The van der Waals surface area contributed by atoms with Gasteiger partial charge in [-0.3, -0.25) is 19.9 Å². The van der Waals surface area contributed by atoms with Gasteiger partial charge in [-0.1, -0.05) is 48.2 Å². The summed E-state index contributed by atoms with van der Waals surface area (Å²) in [6, 6.07) is 15.1. The molecule has 2 aromatic rings. The van der Waals surface area contributed by atoms with Crippen molar-refractivity contribution in [3.63, 3.8) is 0 Å². The SMILES string of the molecule is Cc1ccc(N2C(=O)C3CNNC3N=C2SCC(=O)c2ccccc2)cc1C. The Kier molecular flexibility index (Phi) is 5.30. The number of hydrogen-bond donors (Lipinski definition) is 2. The van der Waals surface area contributed by atoms with Crippen LogP contribution in [0.2, 0.25) is 0 Å². The number of amidine groups is 1. The van der Waals surface area contributed by atoms with Crippen molar-refractivity contribution in [3.05, 3.63) is 65.2 Å². The highest BCUT2D eigenvalue weighted by molar-refractivity contribution is 8.14. The van der Waals surface area contributed by atoms with Gasteiger partial charge in [-0.05, 0) is 37.1 Å². The van der Waals surface area contributed by atoms with Crippen LogP contribution in [-0.4, -0.2) is 35.3 Å². The fourth-order valence-electron chi connectivity index (χ4n) is 3.31. The summed E-state index contributed by atoms with van der Waals surface area (Å²) in [4.78, 5) is 32.1. The molecular weight excluding hydrogens is 372 g/mol. The number of nitrogens with one attached hydrogen (secondary N) is 2. The second kappa shape index (κ2) is 7.87. The Labute approximate surface area is 168 Å². The van der Waals surface area contributed by atoms with Crippen LogP contribution < -0.4 is 15.8 Å². The Hall–Kier alpha value is -2.48. The molecule has 4 rings (SSSR count). The third-order valence-electron chi connectivity index (χ3n) is 5.11. The smallest absolute Gasteiger partial charge is 0.241 e. The molecule has 2 aliphatic heterocycles. The van der Waals surface area contributed by atoms with Crippen LogP contribution in [0.3, 0.4) is 0 Å². The van der Waals surface area contributed by atoms with E-state index in [1.807, 2.05) is 50.2 Å². The van der Waals surface area contributed by atoms with Gasteiger partial charge >= 0.3 is 0 Å². The summed E-state index contributed by atoms with van der Waals surface area (Å²) in [5.74, 6) is -0.0194. The van der Waals surface area contributed by atoms with Crippen LogP contribution in [0.5, 0.6) is 0 Å². The quantitative estimate of drug-likeness (QED) is 0.780. The average molecular weight is 395 g/mol. The van der Waals surface area contributed by atoms with E-state index < -0.39 is 0 Å². The first kappa shape index (κ1) is 18.9. The van der Waals surface area contributed by atoms with E-state index in [9.17, 15) is 9.59 Å². The Balaban J connectivity index is 1.62. The van der Waals surface area contributed by atoms with E-state index in [4.69, 9.17) is 4.99 Å². The molecule has 1 saturated heterocycles. The number of carbonyl (C=O) groups is 2. The number of benzene rings is 2. The molecule has 144 valence electrons. The number of ketones is 1. The van der Waals surface area contributed by atoms with Gasteiger partial charge in [0.15, 0.2) is 11.0 Å². The Bertz CT molecular complexity index is 945. The first-order valence-electron chi connectivity index (χ1n) is 9.23. The zero-order valence-corrected chi connectivity index (χ0v) is 16.6. The minimum absolute atomic E-state index is 0.00425. The predicted molar refractivity (Wildman–Crippen MR) is 112 cm³/mol. The Morgan fingerprint density at radius 2 is 1.96 bits per heavy atom. The topological polar surface area (TPSA) is 73.8 Å². The van der Waals surface area contributed by atoms with Crippen LogP contribution >= 0.6 is 11.8 Å². The van der Waals surface area contributed by atoms with Gasteiger partial charge in [0.05, 0.1) is 17.4 Å². The van der Waals surface area contributed by atoms with Gasteiger partial charge in [0.25, 0.3) is 0 Å². The minimum Gasteiger partial charge on any atom is -0.293 e. The van der Waals surface area contributed by atoms with Crippen molar-refractivity contribution >= 4 is 34.3 Å². The number of hydrazine groups is 1. The largest absolute Gasteiger partial charge is 0.293 e. The maximum absolute atomic E-state index is 13.2. The van der Waals surface area contributed by atoms with Crippen molar-refractivity contribution in [1.82, 2.24) is 10.9 Å². The zero-order chi connectivity index (χ0) is 19.7. The fraction of sp³-hybridized carbons (Fsp3) is 0.286. The Morgan fingerprint density at radius 3 is 2.71 bits per heavy atom. The lowest BCUT2D eigenvalue weighted by atomic mass is 10.0. The lowest BCUT2D eigenvalue weighted by Crippen LogP contribution is -2.49. The monoisotopic (exact) mass is 394 g/mol. The number of nitrogens with zero attached hydrogens (tertiary/aromatic N) is 2. The molecule has 0 saturated carbocycles. The molecule has 0 radical (unpaired) electrons. The van der Waals surface area contributed by atoms with Crippen molar-refractivity contribution in [1.29, 1.82) is 0 Å². The van der Waals surface area contributed by atoms with Gasteiger partial charge < -0.3 is 0 Å². The number of amides is 1. The number of aryl methyl sites for hydroxylation is 2. The molecule has 0 aliphatic carbocycles. The van der Waals surface area contributed by atoms with E-state index in [0.29, 0.717) is 17.3 Å². The van der Waals surface area contributed by atoms with Gasteiger partial charge in [0, 0.05) is 12.1 Å². The number of Topliss-reactive ketones (excluding diaryl/α,β-unsaturated/α-hetero) is 1. The number of anilines is 1. The average Bonchev–Trinajstić information content (AvgIpc) is 3.18. The van der Waals surface area contributed by atoms with Crippen LogP contribution in [-0.2, 0) is 4.79 Å². The van der Waals surface area contributed by atoms with Crippen LogP contribution in [0.25, 0.3) is 0 Å². The van der Waals surface area contributed by atoms with Gasteiger partial charge in [0.1, 0.15) is 6.17 Å². The molecule has 2 aromatic carbocycles. The molecule has 1 fully saturated rings. The molecule has 28 heavy (non-hydrogen) atoms. The van der Waals surface area contributed by atoms with Crippen molar-refractivity contribution in [2.45, 2.75) is 20.0 Å². The maximum Gasteiger partial charge on any atom is 0.241 e. The normalized spacial score (nSPS) is 21.4. The lowest BCUT2D eigenvalue weighted by molar-refractivity contribution is -0.121. The molecular formula is C21H22N4O2S. The molecule has 2 aliphatic rings. The molecule has 2 heterocycles. The third kappa shape index (κ3) is 3.61. The summed E-state index contributed by atoms with van der Waals surface area (Å²) in [7, 11) is 0. The number of rotatable bonds is 4. The summed E-state index contributed by atoms with van der Waals surface area (Å²) in [6.07, 6.45) is -0.301. The summed E-state index contributed by atoms with van der Waals surface area (Å²) < 4.78 is 0. The second-order valence-electron chi connectivity index (χ2n) is 7.01. The number of hydrogen-bond acceptors (Lipinski definition) is 6. The highest BCUT2D eigenvalue weighted by atomic mass is 32.2. The highest BCUT2D eigenvalue weighted by Crippen LogP contribution is 2.30. The van der Waals surface area contributed by atoms with Crippen molar-refractivity contribution in [3.8, 4) is 0 Å². The van der Waals surface area contributed by atoms with Crippen molar-refractivity contribution in [2.24, 2.45) is 10.9 Å². The first-order valence-corrected chi connectivity index (χ1v) is 10.2. The third-order valence-corrected chi connectivity index (χ3v) is 6.06. The Morgan fingerprint density at radius 1 is 1.18 bits per heavy atom. The summed E-state index contributed by atoms with van der Waals surface area (Å²) in [6.45, 7) is 4.60.